The molecule has 0 heterocycles. The molecule has 0 nitrogen and oxygen atoms in total. The monoisotopic (exact) mass is 364 g/mol. The lowest BCUT2D eigenvalue weighted by molar-refractivity contribution is 2.50. The molecule has 0 aromatic carbocycles. The lowest BCUT2D eigenvalue weighted by Crippen LogP contribution is -0.808. The minimum absolute atomic E-state index is 0. The van der Waals surface area contributed by atoms with E-state index in [1.165, 1.54) is 0 Å². The fourth-order valence-electron chi connectivity index (χ4n) is 0. The Morgan fingerprint density at radius 1 is 0.875 bits per heavy atom. The van der Waals surface area contributed by atoms with E-state index in [-0.39, 0.29) is 39.3 Å². The Morgan fingerprint density at radius 3 is 0.875 bits per heavy atom. The van der Waals surface area contributed by atoms with Crippen LogP contribution in [0.25, 0.3) is 0 Å². The van der Waals surface area contributed by atoms with Crippen molar-refractivity contribution in [3.8, 4) is 0 Å². The minimum atomic E-state index is 0. The van der Waals surface area contributed by atoms with Crippen LogP contribution in [0.5, 0.6) is 0 Å². The van der Waals surface area contributed by atoms with Gasteiger partial charge in [0.2, 0.25) is 0 Å². The lowest BCUT2D eigenvalue weighted by atomic mass is 12.0. The van der Waals surface area contributed by atoms with Gasteiger partial charge in [-0.3, -0.25) is 0 Å². The third kappa shape index (κ3) is 121. The van der Waals surface area contributed by atoms with Crippen LogP contribution < -0.4 is 0 Å². The van der Waals surface area contributed by atoms with Gasteiger partial charge in [-0.15, -0.1) is 17.0 Å². The predicted molar refractivity (Wildman–Crippen MR) is 65.3 cm³/mol. The third-order valence-corrected chi connectivity index (χ3v) is 0. The summed E-state index contributed by atoms with van der Waals surface area (Å²) in [6, 6.07) is 0. The summed E-state index contributed by atoms with van der Waals surface area (Å²) in [5.74, 6) is 1.81. The van der Waals surface area contributed by atoms with Crippen LogP contribution in [0, 0.1) is 0 Å². The van der Waals surface area contributed by atoms with E-state index >= 15 is 0 Å². The highest BCUT2D eigenvalue weighted by atomic mass is 127. The first-order valence-corrected chi connectivity index (χ1v) is 4.50. The first-order chi connectivity index (χ1) is 2.00. The second kappa shape index (κ2) is 180. The zero-order chi connectivity index (χ0) is 4.00. The van der Waals surface area contributed by atoms with Crippen LogP contribution in [-0.2, 0) is 0 Å². The van der Waals surface area contributed by atoms with Crippen molar-refractivity contribution in [2.24, 2.45) is 0 Å². The highest BCUT2D eigenvalue weighted by molar-refractivity contribution is 14.1. The van der Waals surface area contributed by atoms with Crippen LogP contribution in [0.2, 0.25) is 0 Å². The van der Waals surface area contributed by atoms with Crippen LogP contribution in [0.4, 0.5) is 0 Å². The average molecular weight is 366 g/mol. The van der Waals surface area contributed by atoms with Crippen LogP contribution in [0.1, 0.15) is 22.3 Å². The normalized spacial score (nSPS) is 1.50. The van der Waals surface area contributed by atoms with E-state index in [9.17, 15) is 0 Å². The molecular weight excluding hydrogens is 347 g/mol. The SMILES string of the molecule is Br.C.C.C.CBr.CI. The van der Waals surface area contributed by atoms with Gasteiger partial charge in [0.1, 0.15) is 0 Å². The summed E-state index contributed by atoms with van der Waals surface area (Å²) in [7, 11) is 0. The molecule has 0 bridgehead atoms. The van der Waals surface area contributed by atoms with Crippen LogP contribution >= 0.6 is 55.5 Å². The topological polar surface area (TPSA) is 0 Å². The van der Waals surface area contributed by atoms with Gasteiger partial charge in [-0.05, 0) is 10.8 Å². The van der Waals surface area contributed by atoms with Crippen molar-refractivity contribution in [3.05, 3.63) is 0 Å². The quantitative estimate of drug-likeness (QED) is 0.436. The summed E-state index contributed by atoms with van der Waals surface area (Å²) in [4.78, 5) is 1.97. The fourth-order valence-corrected chi connectivity index (χ4v) is 0. The molecule has 0 spiro atoms. The Morgan fingerprint density at radius 2 is 0.875 bits per heavy atom. The van der Waals surface area contributed by atoms with Gasteiger partial charge in [-0.1, -0.05) is 60.8 Å². The number of rotatable bonds is 0. The first-order valence-electron chi connectivity index (χ1n) is 0.756. The molecule has 3 heteroatoms. The average Bonchev–Trinajstić information content (AvgIpc) is 1.50. The molecule has 0 N–H and O–H groups in total. The summed E-state index contributed by atoms with van der Waals surface area (Å²) < 4.78 is 0. The van der Waals surface area contributed by atoms with Gasteiger partial charge in [0.25, 0.3) is 0 Å². The van der Waals surface area contributed by atoms with Crippen molar-refractivity contribution in [3.63, 3.8) is 0 Å². The standard InChI is InChI=1S/CH3Br.CH3I.3CH4.BrH/c2*1-2;;;;/h2*1H3;3*1H4;1H. The third-order valence-electron chi connectivity index (χ3n) is 0. The van der Waals surface area contributed by atoms with E-state index in [4.69, 9.17) is 0 Å². The van der Waals surface area contributed by atoms with Crippen molar-refractivity contribution in [1.82, 2.24) is 0 Å². The molecule has 0 radical (unpaired) electrons. The number of hydrogen-bond acceptors (Lipinski definition) is 0. The van der Waals surface area contributed by atoms with Crippen molar-refractivity contribution in [1.29, 1.82) is 0 Å². The van der Waals surface area contributed by atoms with E-state index in [0.29, 0.717) is 0 Å². The van der Waals surface area contributed by atoms with Crippen molar-refractivity contribution >= 4 is 55.5 Å². The molecule has 0 fully saturated rings. The highest BCUT2D eigenvalue weighted by Crippen LogP contribution is 1.48. The first kappa shape index (κ1) is 53.7. The molecule has 0 amide bonds. The number of halogens is 3. The summed E-state index contributed by atoms with van der Waals surface area (Å²) in [6.07, 6.45) is 0. The second-order valence-corrected chi connectivity index (χ2v) is 0. The predicted octanol–water partition coefficient (Wildman–Crippen LogP) is 4.55. The van der Waals surface area contributed by atoms with Crippen molar-refractivity contribution in [2.45, 2.75) is 22.3 Å². The largest absolute Gasteiger partial charge is 0.114 e. The maximum Gasteiger partial charge on any atom is -0.00848 e. The van der Waals surface area contributed by atoms with E-state index in [0.717, 1.165) is 0 Å². The van der Waals surface area contributed by atoms with Gasteiger partial charge in [0, 0.05) is 0 Å². The Balaban J connectivity index is -0.00000000167. The van der Waals surface area contributed by atoms with E-state index in [1.54, 1.807) is 0 Å². The molecule has 0 atom stereocenters. The molecule has 0 aliphatic carbocycles. The number of hydrogen-bond donors (Lipinski definition) is 0. The molecule has 0 aliphatic heterocycles. The lowest BCUT2D eigenvalue weighted by Gasteiger charge is -1.05. The molecule has 0 aliphatic rings. The van der Waals surface area contributed by atoms with Gasteiger partial charge >= 0.3 is 0 Å². The molecule has 60 valence electrons. The second-order valence-electron chi connectivity index (χ2n) is 0. The molecule has 0 aromatic rings. The molecule has 8 heavy (non-hydrogen) atoms. The Labute approximate surface area is 87.9 Å². The zero-order valence-electron chi connectivity index (χ0n) is 3.16. The van der Waals surface area contributed by atoms with E-state index in [2.05, 4.69) is 38.5 Å². The number of alkyl halides is 2. The maximum absolute atomic E-state index is 2.94. The van der Waals surface area contributed by atoms with Crippen LogP contribution in [0.3, 0.4) is 0 Å². The Kier molecular flexibility index (Phi) is 1210. The summed E-state index contributed by atoms with van der Waals surface area (Å²) in [5.41, 5.74) is 0. The summed E-state index contributed by atoms with van der Waals surface area (Å²) in [5, 5.41) is 0. The van der Waals surface area contributed by atoms with E-state index < -0.39 is 0 Å². The molecule has 0 rings (SSSR count). The van der Waals surface area contributed by atoms with Crippen molar-refractivity contribution in [2.75, 3.05) is 10.8 Å². The highest BCUT2D eigenvalue weighted by Gasteiger charge is 0.951. The fraction of sp³-hybridized carbons (Fsp3) is 1.00. The Hall–Kier alpha value is 1.69. The van der Waals surface area contributed by atoms with Gasteiger partial charge in [-0.25, -0.2) is 0 Å². The van der Waals surface area contributed by atoms with Crippen LogP contribution in [-0.4, -0.2) is 10.8 Å². The van der Waals surface area contributed by atoms with Gasteiger partial charge in [0.15, 0.2) is 0 Å². The van der Waals surface area contributed by atoms with Crippen molar-refractivity contribution < 1.29 is 0 Å². The molecule has 0 aromatic heterocycles. The van der Waals surface area contributed by atoms with Gasteiger partial charge in [-0.2, -0.15) is 0 Å². The summed E-state index contributed by atoms with van der Waals surface area (Å²) >= 11 is 5.09. The van der Waals surface area contributed by atoms with Crippen LogP contribution in [0.15, 0.2) is 0 Å². The smallest absolute Gasteiger partial charge is 0.00848 e. The van der Waals surface area contributed by atoms with E-state index in [1.807, 2.05) is 10.8 Å². The molecular formula is C5H19Br2I. The molecule has 0 saturated heterocycles. The van der Waals surface area contributed by atoms with Gasteiger partial charge < -0.3 is 0 Å². The minimum Gasteiger partial charge on any atom is -0.114 e. The molecule has 0 saturated carbocycles. The maximum atomic E-state index is 2.94. The summed E-state index contributed by atoms with van der Waals surface area (Å²) in [6.45, 7) is 0. The zero-order valence-corrected chi connectivity index (χ0v) is 8.62. The van der Waals surface area contributed by atoms with Gasteiger partial charge in [0.05, 0.1) is 0 Å². The Bertz CT molecular complexity index is 10.4. The molecule has 0 unspecified atom stereocenters.